The molecule has 17 heavy (non-hydrogen) atoms. The molecule has 0 aromatic heterocycles. The van der Waals surface area contributed by atoms with Crippen LogP contribution in [-0.2, 0) is 0 Å². The van der Waals surface area contributed by atoms with Gasteiger partial charge in [0.15, 0.2) is 0 Å². The summed E-state index contributed by atoms with van der Waals surface area (Å²) in [7, 11) is 0. The zero-order valence-corrected chi connectivity index (χ0v) is 10.7. The molecule has 1 atom stereocenters. The van der Waals surface area contributed by atoms with Crippen molar-refractivity contribution in [3.63, 3.8) is 0 Å². The van der Waals surface area contributed by atoms with Crippen molar-refractivity contribution >= 4 is 0 Å². The van der Waals surface area contributed by atoms with Gasteiger partial charge in [-0.15, -0.1) is 0 Å². The Balaban J connectivity index is 2.08. The zero-order valence-electron chi connectivity index (χ0n) is 10.7. The highest BCUT2D eigenvalue weighted by Crippen LogP contribution is 2.28. The van der Waals surface area contributed by atoms with Gasteiger partial charge in [0.2, 0.25) is 0 Å². The van der Waals surface area contributed by atoms with E-state index in [1.165, 1.54) is 44.3 Å². The van der Waals surface area contributed by atoms with E-state index in [1.54, 1.807) is 6.07 Å². The Morgan fingerprint density at radius 3 is 3.00 bits per heavy atom. The van der Waals surface area contributed by atoms with Gasteiger partial charge < -0.3 is 10.0 Å². The standard InChI is InChI=1S/C15H23NO/c1-2-9-16-10-4-3-6-14(12-16)13-7-5-8-15(17)11-13/h5,7-8,11,14,17H,2-4,6,9-10,12H2,1H3. The number of aromatic hydroxyl groups is 1. The van der Waals surface area contributed by atoms with Gasteiger partial charge >= 0.3 is 0 Å². The molecular weight excluding hydrogens is 210 g/mol. The molecule has 94 valence electrons. The van der Waals surface area contributed by atoms with Crippen molar-refractivity contribution in [3.8, 4) is 5.75 Å². The highest BCUT2D eigenvalue weighted by atomic mass is 16.3. The summed E-state index contributed by atoms with van der Waals surface area (Å²) >= 11 is 0. The molecule has 2 heteroatoms. The van der Waals surface area contributed by atoms with Gasteiger partial charge in [0.25, 0.3) is 0 Å². The average molecular weight is 233 g/mol. The van der Waals surface area contributed by atoms with Crippen LogP contribution in [0.4, 0.5) is 0 Å². The Morgan fingerprint density at radius 2 is 2.24 bits per heavy atom. The summed E-state index contributed by atoms with van der Waals surface area (Å²) in [5, 5.41) is 9.57. The van der Waals surface area contributed by atoms with Crippen molar-refractivity contribution in [1.29, 1.82) is 0 Å². The fourth-order valence-corrected chi connectivity index (χ4v) is 2.79. The number of likely N-dealkylation sites (tertiary alicyclic amines) is 1. The first kappa shape index (κ1) is 12.4. The lowest BCUT2D eigenvalue weighted by atomic mass is 9.94. The molecule has 1 saturated heterocycles. The zero-order chi connectivity index (χ0) is 12.1. The molecule has 0 amide bonds. The van der Waals surface area contributed by atoms with Crippen LogP contribution < -0.4 is 0 Å². The second-order valence-corrected chi connectivity index (χ2v) is 5.09. The second kappa shape index (κ2) is 6.06. The first-order valence-corrected chi connectivity index (χ1v) is 6.81. The molecule has 1 aliphatic rings. The fraction of sp³-hybridized carbons (Fsp3) is 0.600. The van der Waals surface area contributed by atoms with Gasteiger partial charge in [-0.05, 0) is 56.0 Å². The van der Waals surface area contributed by atoms with Gasteiger partial charge in [-0.25, -0.2) is 0 Å². The van der Waals surface area contributed by atoms with E-state index in [0.29, 0.717) is 11.7 Å². The van der Waals surface area contributed by atoms with Gasteiger partial charge in [-0.2, -0.15) is 0 Å². The van der Waals surface area contributed by atoms with Crippen molar-refractivity contribution in [2.75, 3.05) is 19.6 Å². The number of nitrogens with zero attached hydrogens (tertiary/aromatic N) is 1. The number of hydrogen-bond acceptors (Lipinski definition) is 2. The first-order chi connectivity index (χ1) is 8.29. The summed E-state index contributed by atoms with van der Waals surface area (Å²) in [5.41, 5.74) is 1.30. The predicted octanol–water partition coefficient (Wildman–Crippen LogP) is 3.37. The van der Waals surface area contributed by atoms with Crippen LogP contribution in [0.3, 0.4) is 0 Å². The van der Waals surface area contributed by atoms with Crippen molar-refractivity contribution in [3.05, 3.63) is 29.8 Å². The Kier molecular flexibility index (Phi) is 4.43. The summed E-state index contributed by atoms with van der Waals surface area (Å²) in [5.74, 6) is 0.991. The van der Waals surface area contributed by atoms with E-state index in [-0.39, 0.29) is 0 Å². The Morgan fingerprint density at radius 1 is 1.35 bits per heavy atom. The Labute approximate surface area is 104 Å². The lowest BCUT2D eigenvalue weighted by Gasteiger charge is -2.24. The van der Waals surface area contributed by atoms with E-state index < -0.39 is 0 Å². The minimum atomic E-state index is 0.397. The highest BCUT2D eigenvalue weighted by Gasteiger charge is 2.19. The molecule has 1 N–H and O–H groups in total. The number of phenols is 1. The lowest BCUT2D eigenvalue weighted by Crippen LogP contribution is -2.28. The van der Waals surface area contributed by atoms with Gasteiger partial charge in [0.05, 0.1) is 0 Å². The SMILES string of the molecule is CCCN1CCCCC(c2cccc(O)c2)C1. The molecule has 1 aromatic rings. The highest BCUT2D eigenvalue weighted by molar-refractivity contribution is 5.30. The van der Waals surface area contributed by atoms with Gasteiger partial charge in [-0.3, -0.25) is 0 Å². The van der Waals surface area contributed by atoms with Crippen LogP contribution >= 0.6 is 0 Å². The molecule has 1 unspecified atom stereocenters. The molecule has 1 aliphatic heterocycles. The number of phenolic OH excluding ortho intramolecular Hbond substituents is 1. The maximum atomic E-state index is 9.57. The van der Waals surface area contributed by atoms with E-state index in [4.69, 9.17) is 0 Å². The number of rotatable bonds is 3. The van der Waals surface area contributed by atoms with Crippen LogP contribution in [0.5, 0.6) is 5.75 Å². The first-order valence-electron chi connectivity index (χ1n) is 6.81. The smallest absolute Gasteiger partial charge is 0.115 e. The van der Waals surface area contributed by atoms with Crippen LogP contribution in [0.15, 0.2) is 24.3 Å². The van der Waals surface area contributed by atoms with Gasteiger partial charge in [0.1, 0.15) is 5.75 Å². The summed E-state index contributed by atoms with van der Waals surface area (Å²) in [6.45, 7) is 5.84. The van der Waals surface area contributed by atoms with E-state index >= 15 is 0 Å². The molecule has 0 bridgehead atoms. The fourth-order valence-electron chi connectivity index (χ4n) is 2.79. The van der Waals surface area contributed by atoms with Crippen molar-refractivity contribution in [1.82, 2.24) is 4.90 Å². The van der Waals surface area contributed by atoms with Crippen molar-refractivity contribution in [2.45, 2.75) is 38.5 Å². The molecule has 1 fully saturated rings. The Hall–Kier alpha value is -1.02. The van der Waals surface area contributed by atoms with Crippen LogP contribution in [0.1, 0.15) is 44.1 Å². The summed E-state index contributed by atoms with van der Waals surface area (Å²) in [6.07, 6.45) is 5.10. The monoisotopic (exact) mass is 233 g/mol. The van der Waals surface area contributed by atoms with E-state index in [1.807, 2.05) is 12.1 Å². The minimum Gasteiger partial charge on any atom is -0.508 e. The largest absolute Gasteiger partial charge is 0.508 e. The van der Waals surface area contributed by atoms with E-state index in [0.717, 1.165) is 6.54 Å². The van der Waals surface area contributed by atoms with E-state index in [9.17, 15) is 5.11 Å². The van der Waals surface area contributed by atoms with E-state index in [2.05, 4.69) is 17.9 Å². The number of benzene rings is 1. The number of hydrogen-bond donors (Lipinski definition) is 1. The summed E-state index contributed by atoms with van der Waals surface area (Å²) in [6, 6.07) is 7.80. The molecule has 2 nitrogen and oxygen atoms in total. The molecule has 0 spiro atoms. The average Bonchev–Trinajstić information content (AvgIpc) is 2.55. The molecule has 0 aliphatic carbocycles. The summed E-state index contributed by atoms with van der Waals surface area (Å²) < 4.78 is 0. The Bertz CT molecular complexity index is 351. The third-order valence-corrected chi connectivity index (χ3v) is 3.64. The normalized spacial score (nSPS) is 22.3. The third kappa shape index (κ3) is 3.47. The molecular formula is C15H23NO. The minimum absolute atomic E-state index is 0.397. The summed E-state index contributed by atoms with van der Waals surface area (Å²) in [4.78, 5) is 2.57. The third-order valence-electron chi connectivity index (χ3n) is 3.64. The molecule has 1 heterocycles. The second-order valence-electron chi connectivity index (χ2n) is 5.09. The van der Waals surface area contributed by atoms with Crippen LogP contribution in [0.25, 0.3) is 0 Å². The predicted molar refractivity (Wildman–Crippen MR) is 71.4 cm³/mol. The van der Waals surface area contributed by atoms with Gasteiger partial charge in [-0.1, -0.05) is 25.5 Å². The lowest BCUT2D eigenvalue weighted by molar-refractivity contribution is 0.273. The molecule has 0 radical (unpaired) electrons. The maximum absolute atomic E-state index is 9.57. The van der Waals surface area contributed by atoms with Gasteiger partial charge in [0, 0.05) is 6.54 Å². The van der Waals surface area contributed by atoms with Crippen LogP contribution in [0.2, 0.25) is 0 Å². The van der Waals surface area contributed by atoms with Crippen LogP contribution in [0, 0.1) is 0 Å². The molecule has 0 saturated carbocycles. The topological polar surface area (TPSA) is 23.5 Å². The van der Waals surface area contributed by atoms with Crippen molar-refractivity contribution in [2.24, 2.45) is 0 Å². The molecule has 2 rings (SSSR count). The van der Waals surface area contributed by atoms with Crippen LogP contribution in [-0.4, -0.2) is 29.6 Å². The van der Waals surface area contributed by atoms with Crippen molar-refractivity contribution < 1.29 is 5.11 Å². The quantitative estimate of drug-likeness (QED) is 0.865. The molecule has 1 aromatic carbocycles. The maximum Gasteiger partial charge on any atom is 0.115 e.